The highest BCUT2D eigenvalue weighted by atomic mass is 32.2. The summed E-state index contributed by atoms with van der Waals surface area (Å²) in [6, 6.07) is 20.0. The molecule has 0 saturated heterocycles. The number of amides is 1. The molecule has 0 bridgehead atoms. The first-order valence-electron chi connectivity index (χ1n) is 10.3. The van der Waals surface area contributed by atoms with Crippen LogP contribution in [-0.4, -0.2) is 36.4 Å². The Labute approximate surface area is 198 Å². The third kappa shape index (κ3) is 4.94. The van der Waals surface area contributed by atoms with Crippen molar-refractivity contribution in [1.82, 2.24) is 24.7 Å². The molecule has 0 atom stereocenters. The van der Waals surface area contributed by atoms with Crippen LogP contribution in [0.15, 0.2) is 78.2 Å². The van der Waals surface area contributed by atoms with Gasteiger partial charge in [0.1, 0.15) is 0 Å². The van der Waals surface area contributed by atoms with Crippen molar-refractivity contribution in [1.29, 1.82) is 0 Å². The van der Waals surface area contributed by atoms with E-state index in [4.69, 9.17) is 0 Å². The number of nitrogens with one attached hydrogen (secondary N) is 1. The summed E-state index contributed by atoms with van der Waals surface area (Å²) in [7, 11) is 0. The monoisotopic (exact) mass is 472 g/mol. The Bertz CT molecular complexity index is 1400. The Hall–Kier alpha value is -3.56. The fourth-order valence-corrected chi connectivity index (χ4v) is 5.10. The molecule has 5 aromatic rings. The molecule has 9 heteroatoms. The van der Waals surface area contributed by atoms with Crippen LogP contribution in [0.2, 0.25) is 0 Å². The second-order valence-corrected chi connectivity index (χ2v) is 9.42. The van der Waals surface area contributed by atoms with Gasteiger partial charge in [0.25, 0.3) is 0 Å². The van der Waals surface area contributed by atoms with Crippen molar-refractivity contribution >= 4 is 44.4 Å². The van der Waals surface area contributed by atoms with Gasteiger partial charge in [0, 0.05) is 18.0 Å². The average Bonchev–Trinajstić information content (AvgIpc) is 3.42. The van der Waals surface area contributed by atoms with E-state index in [0.717, 1.165) is 27.2 Å². The number of pyridine rings is 1. The summed E-state index contributed by atoms with van der Waals surface area (Å²) >= 11 is 2.83. The number of aryl methyl sites for hydroxylation is 1. The minimum absolute atomic E-state index is 0.132. The summed E-state index contributed by atoms with van der Waals surface area (Å²) in [5.41, 5.74) is 4.06. The van der Waals surface area contributed by atoms with E-state index < -0.39 is 0 Å². The Balaban J connectivity index is 1.33. The maximum absolute atomic E-state index is 12.6. The van der Waals surface area contributed by atoms with E-state index in [1.165, 1.54) is 28.7 Å². The molecule has 5 rings (SSSR count). The van der Waals surface area contributed by atoms with Crippen LogP contribution >= 0.6 is 23.1 Å². The molecule has 0 fully saturated rings. The highest BCUT2D eigenvalue weighted by molar-refractivity contribution is 7.99. The number of thioether (sulfide) groups is 1. The molecule has 0 radical (unpaired) electrons. The molecule has 33 heavy (non-hydrogen) atoms. The lowest BCUT2D eigenvalue weighted by Crippen LogP contribution is -2.14. The molecule has 0 spiro atoms. The maximum atomic E-state index is 12.6. The number of carbonyl (C=O) groups excluding carboxylic acids is 1. The quantitative estimate of drug-likeness (QED) is 0.334. The fourth-order valence-electron chi connectivity index (χ4n) is 3.38. The van der Waals surface area contributed by atoms with Gasteiger partial charge < -0.3 is 5.32 Å². The average molecular weight is 473 g/mol. The standard InChI is InChI=1S/C24H20N6OS2/c1-16-9-10-19-20(12-16)33-23(26-19)27-21(31)15-32-24-29-28-22(18-8-5-11-25-13-18)30(24)14-17-6-3-2-4-7-17/h2-13H,14-15H2,1H3,(H,26,27,31). The third-order valence-electron chi connectivity index (χ3n) is 4.94. The van der Waals surface area contributed by atoms with Gasteiger partial charge in [-0.15, -0.1) is 10.2 Å². The van der Waals surface area contributed by atoms with Crippen molar-refractivity contribution in [2.75, 3.05) is 11.1 Å². The molecule has 0 aliphatic heterocycles. The van der Waals surface area contributed by atoms with Gasteiger partial charge in [0.05, 0.1) is 22.5 Å². The van der Waals surface area contributed by atoms with Crippen LogP contribution in [0, 0.1) is 6.92 Å². The molecule has 164 valence electrons. The molecular weight excluding hydrogens is 452 g/mol. The minimum atomic E-state index is -0.132. The number of hydrogen-bond donors (Lipinski definition) is 1. The normalized spacial score (nSPS) is 11.1. The number of hydrogen-bond acceptors (Lipinski definition) is 7. The van der Waals surface area contributed by atoms with Gasteiger partial charge in [-0.25, -0.2) is 4.98 Å². The van der Waals surface area contributed by atoms with Crippen LogP contribution in [0.25, 0.3) is 21.6 Å². The number of aromatic nitrogens is 5. The number of rotatable bonds is 7. The first-order valence-corrected chi connectivity index (χ1v) is 12.1. The Morgan fingerprint density at radius 2 is 1.97 bits per heavy atom. The zero-order chi connectivity index (χ0) is 22.6. The topological polar surface area (TPSA) is 85.6 Å². The first kappa shape index (κ1) is 21.3. The first-order chi connectivity index (χ1) is 16.2. The summed E-state index contributed by atoms with van der Waals surface area (Å²) < 4.78 is 3.08. The second-order valence-electron chi connectivity index (χ2n) is 7.45. The zero-order valence-electron chi connectivity index (χ0n) is 17.8. The molecule has 7 nitrogen and oxygen atoms in total. The molecule has 1 N–H and O–H groups in total. The van der Waals surface area contributed by atoms with Crippen LogP contribution < -0.4 is 5.32 Å². The number of carbonyl (C=O) groups is 1. The molecule has 0 aliphatic rings. The van der Waals surface area contributed by atoms with E-state index in [1.807, 2.05) is 54.0 Å². The van der Waals surface area contributed by atoms with Gasteiger partial charge in [-0.3, -0.25) is 14.3 Å². The smallest absolute Gasteiger partial charge is 0.236 e. The van der Waals surface area contributed by atoms with Gasteiger partial charge in [-0.05, 0) is 42.3 Å². The summed E-state index contributed by atoms with van der Waals surface area (Å²) in [5.74, 6) is 0.791. The lowest BCUT2D eigenvalue weighted by atomic mass is 10.2. The van der Waals surface area contributed by atoms with E-state index in [-0.39, 0.29) is 11.7 Å². The molecule has 0 aliphatic carbocycles. The van der Waals surface area contributed by atoms with Gasteiger partial charge in [0.15, 0.2) is 16.1 Å². The summed E-state index contributed by atoms with van der Waals surface area (Å²) in [6.07, 6.45) is 3.49. The van der Waals surface area contributed by atoms with Crippen molar-refractivity contribution < 1.29 is 4.79 Å². The highest BCUT2D eigenvalue weighted by Crippen LogP contribution is 2.28. The summed E-state index contributed by atoms with van der Waals surface area (Å²) in [4.78, 5) is 21.4. The highest BCUT2D eigenvalue weighted by Gasteiger charge is 2.17. The van der Waals surface area contributed by atoms with E-state index in [2.05, 4.69) is 43.7 Å². The molecule has 3 heterocycles. The second kappa shape index (κ2) is 9.51. The Morgan fingerprint density at radius 1 is 1.09 bits per heavy atom. The largest absolute Gasteiger partial charge is 0.301 e. The van der Waals surface area contributed by atoms with Crippen LogP contribution in [-0.2, 0) is 11.3 Å². The van der Waals surface area contributed by atoms with Crippen molar-refractivity contribution in [3.05, 3.63) is 84.2 Å². The number of benzene rings is 2. The number of anilines is 1. The van der Waals surface area contributed by atoms with Crippen molar-refractivity contribution in [2.24, 2.45) is 0 Å². The molecule has 1 amide bonds. The summed E-state index contributed by atoms with van der Waals surface area (Å²) in [6.45, 7) is 2.64. The maximum Gasteiger partial charge on any atom is 0.236 e. The van der Waals surface area contributed by atoms with Gasteiger partial charge in [-0.2, -0.15) is 0 Å². The predicted molar refractivity (Wildman–Crippen MR) is 133 cm³/mol. The van der Waals surface area contributed by atoms with E-state index >= 15 is 0 Å². The Morgan fingerprint density at radius 3 is 2.79 bits per heavy atom. The van der Waals surface area contributed by atoms with Crippen LogP contribution in [0.5, 0.6) is 0 Å². The zero-order valence-corrected chi connectivity index (χ0v) is 19.4. The molecule has 0 saturated carbocycles. The third-order valence-corrected chi connectivity index (χ3v) is 6.84. The van der Waals surface area contributed by atoms with Crippen molar-refractivity contribution in [3.8, 4) is 11.4 Å². The van der Waals surface area contributed by atoms with Crippen molar-refractivity contribution in [3.63, 3.8) is 0 Å². The molecular formula is C24H20N6OS2. The van der Waals surface area contributed by atoms with E-state index in [1.54, 1.807) is 12.4 Å². The van der Waals surface area contributed by atoms with Gasteiger partial charge in [0.2, 0.25) is 5.91 Å². The van der Waals surface area contributed by atoms with Crippen molar-refractivity contribution in [2.45, 2.75) is 18.6 Å². The van der Waals surface area contributed by atoms with Crippen LogP contribution in [0.1, 0.15) is 11.1 Å². The van der Waals surface area contributed by atoms with Gasteiger partial charge >= 0.3 is 0 Å². The van der Waals surface area contributed by atoms with E-state index in [9.17, 15) is 4.79 Å². The Kier molecular flexibility index (Phi) is 6.14. The van der Waals surface area contributed by atoms with Crippen LogP contribution in [0.3, 0.4) is 0 Å². The lowest BCUT2D eigenvalue weighted by molar-refractivity contribution is -0.113. The number of nitrogens with zero attached hydrogens (tertiary/aromatic N) is 5. The van der Waals surface area contributed by atoms with Gasteiger partial charge in [-0.1, -0.05) is 59.5 Å². The summed E-state index contributed by atoms with van der Waals surface area (Å²) in [5, 5.41) is 12.9. The predicted octanol–water partition coefficient (Wildman–Crippen LogP) is 5.04. The van der Waals surface area contributed by atoms with Crippen LogP contribution in [0.4, 0.5) is 5.13 Å². The number of fused-ring (bicyclic) bond motifs is 1. The number of thiazole rings is 1. The van der Waals surface area contributed by atoms with E-state index in [0.29, 0.717) is 16.8 Å². The lowest BCUT2D eigenvalue weighted by Gasteiger charge is -2.10. The minimum Gasteiger partial charge on any atom is -0.301 e. The molecule has 3 aromatic heterocycles. The fraction of sp³-hybridized carbons (Fsp3) is 0.125. The SMILES string of the molecule is Cc1ccc2nc(NC(=O)CSc3nnc(-c4cccnc4)n3Cc3ccccc3)sc2c1. The molecule has 2 aromatic carbocycles. The molecule has 0 unspecified atom stereocenters.